The van der Waals surface area contributed by atoms with E-state index in [-0.39, 0.29) is 23.9 Å². The lowest BCUT2D eigenvalue weighted by Crippen LogP contribution is -2.34. The van der Waals surface area contributed by atoms with E-state index in [1.165, 1.54) is 16.2 Å². The summed E-state index contributed by atoms with van der Waals surface area (Å²) in [5, 5.41) is 0. The molecule has 2 rings (SSSR count). The summed E-state index contributed by atoms with van der Waals surface area (Å²) in [4.78, 5) is 3.21. The van der Waals surface area contributed by atoms with E-state index in [1.54, 1.807) is 13.0 Å². The molecule has 1 aliphatic heterocycles. The van der Waals surface area contributed by atoms with Gasteiger partial charge in [-0.2, -0.15) is 13.2 Å². The van der Waals surface area contributed by atoms with Gasteiger partial charge in [-0.15, -0.1) is 11.3 Å². The number of nitrogens with one attached hydrogen (secondary N) is 1. The highest BCUT2D eigenvalue weighted by atomic mass is 32.2. The molecule has 126 valence electrons. The third-order valence-corrected chi connectivity index (χ3v) is 6.26. The Morgan fingerprint density at radius 2 is 2.09 bits per heavy atom. The topological polar surface area (TPSA) is 49.4 Å². The number of aryl methyl sites for hydroxylation is 2. The molecule has 0 amide bonds. The molecule has 4 nitrogen and oxygen atoms in total. The molecular weight excluding hydrogens is 337 g/mol. The van der Waals surface area contributed by atoms with Gasteiger partial charge in [-0.3, -0.25) is 4.90 Å². The zero-order valence-electron chi connectivity index (χ0n) is 12.4. The molecule has 0 spiro atoms. The Hall–Kier alpha value is -0.640. The molecule has 9 heteroatoms. The standard InChI is InChI=1S/C13H19F3N2O2S2/c1-9-5-12(10(2)21-9)22(19,20)17-6-11-3-4-18(7-11)8-13(14,15)16/h5,11,17H,3-4,6-8H2,1-2H3. The van der Waals surface area contributed by atoms with Crippen molar-refractivity contribution in [2.24, 2.45) is 5.92 Å². The van der Waals surface area contributed by atoms with Gasteiger partial charge in [0.25, 0.3) is 0 Å². The van der Waals surface area contributed by atoms with Crippen LogP contribution in [-0.2, 0) is 10.0 Å². The van der Waals surface area contributed by atoms with E-state index >= 15 is 0 Å². The molecule has 0 saturated carbocycles. The second-order valence-electron chi connectivity index (χ2n) is 5.63. The van der Waals surface area contributed by atoms with E-state index in [0.29, 0.717) is 13.0 Å². The number of likely N-dealkylation sites (tertiary alicyclic amines) is 1. The molecule has 0 radical (unpaired) electrons. The predicted molar refractivity (Wildman–Crippen MR) is 79.6 cm³/mol. The highest BCUT2D eigenvalue weighted by molar-refractivity contribution is 7.89. The summed E-state index contributed by atoms with van der Waals surface area (Å²) in [5.41, 5.74) is 0. The number of thiophene rings is 1. The molecule has 22 heavy (non-hydrogen) atoms. The molecule has 1 atom stereocenters. The predicted octanol–water partition coefficient (Wildman–Crippen LogP) is 2.53. The lowest BCUT2D eigenvalue weighted by molar-refractivity contribution is -0.143. The van der Waals surface area contributed by atoms with Gasteiger partial charge in [-0.05, 0) is 38.8 Å². The molecule has 2 heterocycles. The minimum Gasteiger partial charge on any atom is -0.295 e. The average molecular weight is 356 g/mol. The van der Waals surface area contributed by atoms with Crippen LogP contribution >= 0.6 is 11.3 Å². The fourth-order valence-corrected chi connectivity index (χ4v) is 5.33. The Bertz CT molecular complexity index is 626. The van der Waals surface area contributed by atoms with Crippen LogP contribution in [0.4, 0.5) is 13.2 Å². The van der Waals surface area contributed by atoms with Crippen molar-refractivity contribution >= 4 is 21.4 Å². The van der Waals surface area contributed by atoms with Gasteiger partial charge in [-0.1, -0.05) is 0 Å². The van der Waals surface area contributed by atoms with Gasteiger partial charge in [0.1, 0.15) is 0 Å². The van der Waals surface area contributed by atoms with Gasteiger partial charge in [0, 0.05) is 22.8 Å². The number of alkyl halides is 3. The first-order chi connectivity index (χ1) is 10.1. The van der Waals surface area contributed by atoms with Crippen LogP contribution < -0.4 is 4.72 Å². The van der Waals surface area contributed by atoms with Crippen molar-refractivity contribution in [2.45, 2.75) is 31.3 Å². The van der Waals surface area contributed by atoms with Crippen LogP contribution in [0.15, 0.2) is 11.0 Å². The van der Waals surface area contributed by atoms with Crippen molar-refractivity contribution in [2.75, 3.05) is 26.2 Å². The van der Waals surface area contributed by atoms with Crippen LogP contribution in [0.1, 0.15) is 16.2 Å². The largest absolute Gasteiger partial charge is 0.401 e. The van der Waals surface area contributed by atoms with Gasteiger partial charge in [-0.25, -0.2) is 13.1 Å². The Kier molecular flexibility index (Phi) is 5.20. The van der Waals surface area contributed by atoms with Gasteiger partial charge < -0.3 is 0 Å². The summed E-state index contributed by atoms with van der Waals surface area (Å²) in [6.07, 6.45) is -3.64. The molecule has 1 aromatic rings. The van der Waals surface area contributed by atoms with Crippen molar-refractivity contribution in [1.82, 2.24) is 9.62 Å². The normalized spacial score (nSPS) is 20.7. The molecule has 1 N–H and O–H groups in total. The summed E-state index contributed by atoms with van der Waals surface area (Å²) < 4.78 is 64.0. The number of halogens is 3. The average Bonchev–Trinajstić information content (AvgIpc) is 2.92. The fraction of sp³-hybridized carbons (Fsp3) is 0.692. The summed E-state index contributed by atoms with van der Waals surface area (Å²) >= 11 is 1.41. The van der Waals surface area contributed by atoms with E-state index in [0.717, 1.165) is 9.75 Å². The molecule has 1 saturated heterocycles. The van der Waals surface area contributed by atoms with Crippen LogP contribution in [0, 0.1) is 19.8 Å². The van der Waals surface area contributed by atoms with Crippen LogP contribution in [-0.4, -0.2) is 45.7 Å². The van der Waals surface area contributed by atoms with Gasteiger partial charge in [0.2, 0.25) is 10.0 Å². The molecular formula is C13H19F3N2O2S2. The second kappa shape index (κ2) is 6.46. The lowest BCUT2D eigenvalue weighted by atomic mass is 10.1. The first kappa shape index (κ1) is 17.7. The minimum atomic E-state index is -4.21. The third-order valence-electron chi connectivity index (χ3n) is 3.62. The van der Waals surface area contributed by atoms with E-state index < -0.39 is 22.7 Å². The molecule has 0 aromatic carbocycles. The van der Waals surface area contributed by atoms with E-state index in [1.807, 2.05) is 6.92 Å². The van der Waals surface area contributed by atoms with Gasteiger partial charge >= 0.3 is 6.18 Å². The van der Waals surface area contributed by atoms with Crippen LogP contribution in [0.2, 0.25) is 0 Å². The van der Waals surface area contributed by atoms with Crippen molar-refractivity contribution in [3.05, 3.63) is 15.8 Å². The number of hydrogen-bond acceptors (Lipinski definition) is 4. The van der Waals surface area contributed by atoms with Crippen molar-refractivity contribution < 1.29 is 21.6 Å². The maximum atomic E-state index is 12.3. The van der Waals surface area contributed by atoms with Crippen molar-refractivity contribution in [1.29, 1.82) is 0 Å². The number of rotatable bonds is 5. The molecule has 1 aliphatic rings. The van der Waals surface area contributed by atoms with Gasteiger partial charge in [0.15, 0.2) is 0 Å². The Morgan fingerprint density at radius 3 is 2.64 bits per heavy atom. The highest BCUT2D eigenvalue weighted by Crippen LogP contribution is 2.26. The first-order valence-corrected chi connectivity index (χ1v) is 9.22. The Labute approximate surface area is 132 Å². The summed E-state index contributed by atoms with van der Waals surface area (Å²) in [6.45, 7) is 3.44. The second-order valence-corrected chi connectivity index (χ2v) is 8.83. The number of hydrogen-bond donors (Lipinski definition) is 1. The van der Waals surface area contributed by atoms with Crippen LogP contribution in [0.3, 0.4) is 0 Å². The summed E-state index contributed by atoms with van der Waals surface area (Å²) in [6, 6.07) is 1.62. The maximum absolute atomic E-state index is 12.3. The van der Waals surface area contributed by atoms with Gasteiger partial charge in [0.05, 0.1) is 11.4 Å². The SMILES string of the molecule is Cc1cc(S(=O)(=O)NCC2CCN(CC(F)(F)F)C2)c(C)s1. The Morgan fingerprint density at radius 1 is 1.41 bits per heavy atom. The molecule has 0 bridgehead atoms. The van der Waals surface area contributed by atoms with E-state index in [9.17, 15) is 21.6 Å². The van der Waals surface area contributed by atoms with Crippen molar-refractivity contribution in [3.63, 3.8) is 0 Å². The quantitative estimate of drug-likeness (QED) is 0.882. The summed E-state index contributed by atoms with van der Waals surface area (Å²) in [5.74, 6) is -0.0860. The van der Waals surface area contributed by atoms with E-state index in [4.69, 9.17) is 0 Å². The van der Waals surface area contributed by atoms with Crippen LogP contribution in [0.5, 0.6) is 0 Å². The van der Waals surface area contributed by atoms with Crippen LogP contribution in [0.25, 0.3) is 0 Å². The van der Waals surface area contributed by atoms with E-state index in [2.05, 4.69) is 4.72 Å². The maximum Gasteiger partial charge on any atom is 0.401 e. The molecule has 1 unspecified atom stereocenters. The zero-order valence-corrected chi connectivity index (χ0v) is 14.0. The molecule has 1 aromatic heterocycles. The van der Waals surface area contributed by atoms with Crippen molar-refractivity contribution in [3.8, 4) is 0 Å². The fourth-order valence-electron chi connectivity index (χ4n) is 2.66. The summed E-state index contributed by atoms with van der Waals surface area (Å²) in [7, 11) is -3.59. The Balaban J connectivity index is 1.90. The molecule has 1 fully saturated rings. The number of nitrogens with zero attached hydrogens (tertiary/aromatic N) is 1. The smallest absolute Gasteiger partial charge is 0.295 e. The minimum absolute atomic E-state index is 0.0860. The third kappa shape index (κ3) is 4.68. The highest BCUT2D eigenvalue weighted by Gasteiger charge is 2.34. The zero-order chi connectivity index (χ0) is 16.5. The first-order valence-electron chi connectivity index (χ1n) is 6.92. The monoisotopic (exact) mass is 356 g/mol. The number of sulfonamides is 1. The molecule has 0 aliphatic carbocycles. The lowest BCUT2D eigenvalue weighted by Gasteiger charge is -2.18.